The van der Waals surface area contributed by atoms with E-state index in [2.05, 4.69) is 24.4 Å². The fourth-order valence-electron chi connectivity index (χ4n) is 2.48. The zero-order valence-corrected chi connectivity index (χ0v) is 15.7. The van der Waals surface area contributed by atoms with Gasteiger partial charge in [0.05, 0.1) is 6.54 Å². The van der Waals surface area contributed by atoms with Gasteiger partial charge >= 0.3 is 0 Å². The molecule has 0 aliphatic carbocycles. The molecule has 25 heavy (non-hydrogen) atoms. The number of thiocarbonyl (C=S) groups is 1. The molecule has 128 valence electrons. The third-order valence-corrected chi connectivity index (χ3v) is 4.47. The molecule has 0 aliphatic heterocycles. The number of anilines is 1. The van der Waals surface area contributed by atoms with Crippen molar-refractivity contribution >= 4 is 34.6 Å². The Balaban J connectivity index is 1.63. The highest BCUT2D eigenvalue weighted by molar-refractivity contribution is 7.80. The number of hydrogen-bond donors (Lipinski definition) is 1. The van der Waals surface area contributed by atoms with Crippen molar-refractivity contribution in [2.45, 2.75) is 13.5 Å². The van der Waals surface area contributed by atoms with Crippen LogP contribution in [0.25, 0.3) is 11.3 Å². The summed E-state index contributed by atoms with van der Waals surface area (Å²) in [5.41, 5.74) is 3.17. The summed E-state index contributed by atoms with van der Waals surface area (Å²) >= 11 is 11.4. The topological polar surface area (TPSA) is 28.4 Å². The van der Waals surface area contributed by atoms with Crippen LogP contribution >= 0.6 is 23.8 Å². The van der Waals surface area contributed by atoms with Crippen molar-refractivity contribution < 1.29 is 4.42 Å². The molecule has 0 unspecified atom stereocenters. The summed E-state index contributed by atoms with van der Waals surface area (Å²) < 4.78 is 5.93. The quantitative estimate of drug-likeness (QED) is 0.593. The maximum atomic E-state index is 5.93. The molecule has 0 radical (unpaired) electrons. The van der Waals surface area contributed by atoms with Crippen molar-refractivity contribution in [3.63, 3.8) is 0 Å². The first-order chi connectivity index (χ1) is 12.0. The molecule has 3 aromatic rings. The van der Waals surface area contributed by atoms with E-state index < -0.39 is 0 Å². The number of rotatable bonds is 4. The van der Waals surface area contributed by atoms with Crippen molar-refractivity contribution in [2.24, 2.45) is 0 Å². The zero-order valence-electron chi connectivity index (χ0n) is 14.1. The average molecular weight is 371 g/mol. The molecule has 0 atom stereocenters. The third-order valence-electron chi connectivity index (χ3n) is 3.80. The highest BCUT2D eigenvalue weighted by atomic mass is 35.5. The minimum Gasteiger partial charge on any atom is -0.459 e. The summed E-state index contributed by atoms with van der Waals surface area (Å²) in [6, 6.07) is 19.6. The van der Waals surface area contributed by atoms with E-state index in [1.165, 1.54) is 5.56 Å². The number of hydrogen-bond acceptors (Lipinski definition) is 2. The van der Waals surface area contributed by atoms with E-state index in [1.807, 2.05) is 60.5 Å². The van der Waals surface area contributed by atoms with E-state index in [0.717, 1.165) is 22.8 Å². The van der Waals surface area contributed by atoms with Gasteiger partial charge < -0.3 is 14.6 Å². The Hall–Kier alpha value is -2.30. The molecule has 0 amide bonds. The fraction of sp³-hybridized carbons (Fsp3) is 0.150. The highest BCUT2D eigenvalue weighted by Crippen LogP contribution is 2.24. The third kappa shape index (κ3) is 4.62. The Morgan fingerprint density at radius 3 is 2.60 bits per heavy atom. The molecule has 0 aliphatic rings. The monoisotopic (exact) mass is 370 g/mol. The summed E-state index contributed by atoms with van der Waals surface area (Å²) in [6.45, 7) is 2.64. The van der Waals surface area contributed by atoms with Gasteiger partial charge in [0, 0.05) is 23.3 Å². The predicted octanol–water partition coefficient (Wildman–Crippen LogP) is 5.74. The first-order valence-corrected chi connectivity index (χ1v) is 8.73. The Bertz CT molecular complexity index is 873. The Morgan fingerprint density at radius 1 is 1.12 bits per heavy atom. The molecular formula is C20H19ClN2OS. The van der Waals surface area contributed by atoms with Crippen LogP contribution in [0, 0.1) is 6.92 Å². The summed E-state index contributed by atoms with van der Waals surface area (Å²) in [6.07, 6.45) is 0. The largest absolute Gasteiger partial charge is 0.459 e. The Labute approximate surface area is 158 Å². The number of nitrogens with zero attached hydrogens (tertiary/aromatic N) is 1. The normalized spacial score (nSPS) is 10.5. The lowest BCUT2D eigenvalue weighted by molar-refractivity contribution is 0.420. The predicted molar refractivity (Wildman–Crippen MR) is 108 cm³/mol. The first kappa shape index (κ1) is 17.5. The van der Waals surface area contributed by atoms with Gasteiger partial charge in [0.2, 0.25) is 0 Å². The molecule has 0 saturated carbocycles. The van der Waals surface area contributed by atoms with Gasteiger partial charge in [-0.15, -0.1) is 0 Å². The van der Waals surface area contributed by atoms with E-state index >= 15 is 0 Å². The van der Waals surface area contributed by atoms with Gasteiger partial charge in [0.15, 0.2) is 5.11 Å². The fourth-order valence-corrected chi connectivity index (χ4v) is 2.79. The van der Waals surface area contributed by atoms with Gasteiger partial charge in [-0.2, -0.15) is 0 Å². The van der Waals surface area contributed by atoms with Crippen LogP contribution in [0.3, 0.4) is 0 Å². The van der Waals surface area contributed by atoms with Crippen LogP contribution in [0.1, 0.15) is 11.3 Å². The molecule has 0 fully saturated rings. The second kappa shape index (κ2) is 7.72. The van der Waals surface area contributed by atoms with Gasteiger partial charge in [-0.25, -0.2) is 0 Å². The van der Waals surface area contributed by atoms with Gasteiger partial charge in [0.1, 0.15) is 11.5 Å². The summed E-state index contributed by atoms with van der Waals surface area (Å²) in [5, 5.41) is 4.61. The lowest BCUT2D eigenvalue weighted by Gasteiger charge is -2.20. The molecule has 0 saturated heterocycles. The molecule has 1 aromatic heterocycles. The average Bonchev–Trinajstić information content (AvgIpc) is 3.04. The second-order valence-electron chi connectivity index (χ2n) is 5.93. The lowest BCUT2D eigenvalue weighted by atomic mass is 10.2. The number of aryl methyl sites for hydroxylation is 1. The molecular weight excluding hydrogens is 352 g/mol. The molecule has 5 heteroatoms. The first-order valence-electron chi connectivity index (χ1n) is 7.95. The second-order valence-corrected chi connectivity index (χ2v) is 6.75. The number of benzene rings is 2. The van der Waals surface area contributed by atoms with Gasteiger partial charge in [-0.1, -0.05) is 23.7 Å². The minimum absolute atomic E-state index is 0.589. The smallest absolute Gasteiger partial charge is 0.173 e. The van der Waals surface area contributed by atoms with Crippen molar-refractivity contribution in [1.82, 2.24) is 4.90 Å². The van der Waals surface area contributed by atoms with Crippen LogP contribution in [-0.4, -0.2) is 17.1 Å². The van der Waals surface area contributed by atoms with E-state index in [-0.39, 0.29) is 0 Å². The van der Waals surface area contributed by atoms with Crippen molar-refractivity contribution in [3.8, 4) is 11.3 Å². The van der Waals surface area contributed by atoms with Gasteiger partial charge in [-0.3, -0.25) is 0 Å². The SMILES string of the molecule is Cc1cccc(NC(=S)N(C)Cc2ccc(-c3ccc(Cl)cc3)o2)c1. The van der Waals surface area contributed by atoms with Crippen LogP contribution in [0.15, 0.2) is 65.1 Å². The van der Waals surface area contributed by atoms with E-state index in [0.29, 0.717) is 16.7 Å². The molecule has 2 aromatic carbocycles. The van der Waals surface area contributed by atoms with Crippen molar-refractivity contribution in [1.29, 1.82) is 0 Å². The summed E-state index contributed by atoms with van der Waals surface area (Å²) in [5.74, 6) is 1.67. The van der Waals surface area contributed by atoms with Crippen LogP contribution in [0.2, 0.25) is 5.02 Å². The molecule has 3 nitrogen and oxygen atoms in total. The zero-order chi connectivity index (χ0) is 17.8. The van der Waals surface area contributed by atoms with E-state index in [1.54, 1.807) is 0 Å². The van der Waals surface area contributed by atoms with Gasteiger partial charge in [-0.05, 0) is 73.2 Å². The van der Waals surface area contributed by atoms with E-state index in [9.17, 15) is 0 Å². The maximum absolute atomic E-state index is 5.93. The van der Waals surface area contributed by atoms with Crippen LogP contribution in [0.4, 0.5) is 5.69 Å². The number of nitrogens with one attached hydrogen (secondary N) is 1. The van der Waals surface area contributed by atoms with Crippen molar-refractivity contribution in [2.75, 3.05) is 12.4 Å². The summed E-state index contributed by atoms with van der Waals surface area (Å²) in [7, 11) is 1.94. The molecule has 1 heterocycles. The van der Waals surface area contributed by atoms with E-state index in [4.69, 9.17) is 28.2 Å². The molecule has 0 spiro atoms. The van der Waals surface area contributed by atoms with Gasteiger partial charge in [0.25, 0.3) is 0 Å². The van der Waals surface area contributed by atoms with Crippen LogP contribution in [-0.2, 0) is 6.54 Å². The minimum atomic E-state index is 0.589. The lowest BCUT2D eigenvalue weighted by Crippen LogP contribution is -2.30. The maximum Gasteiger partial charge on any atom is 0.173 e. The van der Waals surface area contributed by atoms with Crippen molar-refractivity contribution in [3.05, 3.63) is 77.0 Å². The van der Waals surface area contributed by atoms with Crippen LogP contribution < -0.4 is 5.32 Å². The summed E-state index contributed by atoms with van der Waals surface area (Å²) in [4.78, 5) is 1.95. The molecule has 0 bridgehead atoms. The van der Waals surface area contributed by atoms with Crippen LogP contribution in [0.5, 0.6) is 0 Å². The standard InChI is InChI=1S/C20H19ClN2OS/c1-14-4-3-5-17(12-14)22-20(25)23(2)13-18-10-11-19(24-18)15-6-8-16(21)9-7-15/h3-12H,13H2,1-2H3,(H,22,25). The number of halogens is 1. The Morgan fingerprint density at radius 2 is 1.88 bits per heavy atom. The highest BCUT2D eigenvalue weighted by Gasteiger charge is 2.10. The number of furan rings is 1. The molecule has 3 rings (SSSR count). The Kier molecular flexibility index (Phi) is 5.41. The molecule has 1 N–H and O–H groups in total.